The van der Waals surface area contributed by atoms with Crippen molar-refractivity contribution in [1.29, 1.82) is 0 Å². The van der Waals surface area contributed by atoms with Crippen molar-refractivity contribution in [1.82, 2.24) is 0 Å². The largest absolute Gasteiger partial charge is 0.440 e. The molecule has 3 heteroatoms. The molecule has 210 valence electrons. The first-order valence-electron chi connectivity index (χ1n) is 15.0. The predicted octanol–water partition coefficient (Wildman–Crippen LogP) is 11.3. The maximum absolute atomic E-state index is 6.26. The molecule has 2 heterocycles. The Balaban J connectivity index is 1.21. The molecule has 0 atom stereocenters. The van der Waals surface area contributed by atoms with Crippen LogP contribution in [0.5, 0.6) is 0 Å². The second kappa shape index (κ2) is 11.1. The number of fused-ring (bicyclic) bond motifs is 3. The zero-order valence-corrected chi connectivity index (χ0v) is 24.2. The van der Waals surface area contributed by atoms with Crippen molar-refractivity contribution >= 4 is 40.0 Å². The van der Waals surface area contributed by atoms with E-state index in [1.807, 2.05) is 6.07 Å². The number of benzene rings is 6. The summed E-state index contributed by atoms with van der Waals surface area (Å²) in [5, 5.41) is 4.49. The molecule has 1 aliphatic rings. The van der Waals surface area contributed by atoms with Crippen LogP contribution in [0, 0.1) is 0 Å². The Hall–Kier alpha value is -5.80. The molecule has 0 saturated carbocycles. The third-order valence-corrected chi connectivity index (χ3v) is 8.32. The minimum Gasteiger partial charge on any atom is -0.440 e. The van der Waals surface area contributed by atoms with Gasteiger partial charge in [-0.15, -0.1) is 0 Å². The molecule has 6 aromatic carbocycles. The second-order valence-electron chi connectivity index (χ2n) is 11.0. The average Bonchev–Trinajstić information content (AvgIpc) is 3.49. The number of nitrogens with zero attached hydrogens (tertiary/aromatic N) is 1. The molecule has 3 nitrogen and oxygen atoms in total. The van der Waals surface area contributed by atoms with Crippen molar-refractivity contribution < 1.29 is 4.42 Å². The first-order chi connectivity index (χ1) is 21.8. The van der Waals surface area contributed by atoms with Gasteiger partial charge in [0.15, 0.2) is 0 Å². The lowest BCUT2D eigenvalue weighted by Crippen LogP contribution is -2.10. The van der Waals surface area contributed by atoms with Crippen molar-refractivity contribution in [3.8, 4) is 33.4 Å². The fourth-order valence-corrected chi connectivity index (χ4v) is 6.11. The van der Waals surface area contributed by atoms with Crippen LogP contribution in [0.25, 0.3) is 50.4 Å². The van der Waals surface area contributed by atoms with Gasteiger partial charge in [-0.2, -0.15) is 0 Å². The molecular weight excluding hydrogens is 536 g/mol. The molecule has 0 spiro atoms. The molecule has 8 rings (SSSR count). The third kappa shape index (κ3) is 4.75. The van der Waals surface area contributed by atoms with Crippen LogP contribution in [0.2, 0.25) is 0 Å². The number of anilines is 4. The molecule has 1 aliphatic heterocycles. The summed E-state index contributed by atoms with van der Waals surface area (Å²) in [6.45, 7) is 0.764. The van der Waals surface area contributed by atoms with E-state index >= 15 is 0 Å². The Morgan fingerprint density at radius 3 is 1.48 bits per heavy atom. The van der Waals surface area contributed by atoms with Gasteiger partial charge in [0, 0.05) is 23.5 Å². The summed E-state index contributed by atoms with van der Waals surface area (Å²) in [4.78, 5) is 2.33. The monoisotopic (exact) mass is 566 g/mol. The minimum atomic E-state index is 0.764. The van der Waals surface area contributed by atoms with Gasteiger partial charge in [0.25, 0.3) is 0 Å². The summed E-state index contributed by atoms with van der Waals surface area (Å²) < 4.78 is 6.26. The molecular formula is C41H30N2O. The van der Waals surface area contributed by atoms with Gasteiger partial charge in [-0.05, 0) is 69.8 Å². The van der Waals surface area contributed by atoms with E-state index in [2.05, 4.69) is 168 Å². The van der Waals surface area contributed by atoms with E-state index in [0.717, 1.165) is 46.0 Å². The van der Waals surface area contributed by atoms with Crippen LogP contribution in [0.3, 0.4) is 0 Å². The molecule has 1 N–H and O–H groups in total. The van der Waals surface area contributed by atoms with Crippen LogP contribution < -0.4 is 10.2 Å². The lowest BCUT2D eigenvalue weighted by Gasteiger charge is -2.27. The molecule has 0 amide bonds. The lowest BCUT2D eigenvalue weighted by molar-refractivity contribution is 0.628. The highest BCUT2D eigenvalue weighted by Crippen LogP contribution is 2.44. The van der Waals surface area contributed by atoms with Crippen LogP contribution in [-0.4, -0.2) is 6.54 Å². The van der Waals surface area contributed by atoms with Crippen LogP contribution in [0.1, 0.15) is 5.56 Å². The van der Waals surface area contributed by atoms with Crippen LogP contribution in [-0.2, 0) is 0 Å². The molecule has 0 bridgehead atoms. The third-order valence-electron chi connectivity index (χ3n) is 8.32. The molecule has 0 unspecified atom stereocenters. The first kappa shape index (κ1) is 25.9. The van der Waals surface area contributed by atoms with Gasteiger partial charge in [0.05, 0.1) is 11.1 Å². The van der Waals surface area contributed by atoms with Gasteiger partial charge >= 0.3 is 0 Å². The van der Waals surface area contributed by atoms with Crippen LogP contribution in [0.15, 0.2) is 162 Å². The van der Waals surface area contributed by atoms with E-state index < -0.39 is 0 Å². The van der Waals surface area contributed by atoms with E-state index in [1.165, 1.54) is 33.4 Å². The van der Waals surface area contributed by atoms with Crippen molar-refractivity contribution in [3.63, 3.8) is 0 Å². The maximum atomic E-state index is 6.26. The number of hydrogen-bond donors (Lipinski definition) is 1. The fourth-order valence-electron chi connectivity index (χ4n) is 6.11. The summed E-state index contributed by atoms with van der Waals surface area (Å²) >= 11 is 0. The Bertz CT molecular complexity index is 2070. The first-order valence-corrected chi connectivity index (χ1v) is 15.0. The summed E-state index contributed by atoms with van der Waals surface area (Å²) in [5.74, 6) is 0.823. The standard InChI is InChI=1S/C41H30N2O/c1-3-9-29(10-4-1)31-16-18-32(19-17-31)34-22-26-36(27-23-34)43(35-24-20-33(21-25-35)30-11-5-2-6-12-30)38-14-7-15-39-40(38)37-13-8-28-42-41(37)44-39/h1-27,42H,28H2. The minimum absolute atomic E-state index is 0.764. The predicted molar refractivity (Wildman–Crippen MR) is 185 cm³/mol. The molecule has 1 aromatic heterocycles. The van der Waals surface area contributed by atoms with Crippen LogP contribution >= 0.6 is 0 Å². The van der Waals surface area contributed by atoms with E-state index in [0.29, 0.717) is 0 Å². The van der Waals surface area contributed by atoms with Gasteiger partial charge in [-0.25, -0.2) is 0 Å². The van der Waals surface area contributed by atoms with Crippen molar-refractivity contribution in [2.75, 3.05) is 16.8 Å². The van der Waals surface area contributed by atoms with E-state index in [-0.39, 0.29) is 0 Å². The summed E-state index contributed by atoms with van der Waals surface area (Å²) in [6, 6.07) is 53.8. The van der Waals surface area contributed by atoms with Gasteiger partial charge < -0.3 is 14.6 Å². The fraction of sp³-hybridized carbons (Fsp3) is 0.0244. The van der Waals surface area contributed by atoms with Crippen LogP contribution in [0.4, 0.5) is 22.9 Å². The summed E-state index contributed by atoms with van der Waals surface area (Å²) in [6.07, 6.45) is 4.31. The van der Waals surface area contributed by atoms with E-state index in [1.54, 1.807) is 0 Å². The SMILES string of the molecule is C1=Cc2c(oc3cccc(N(c4ccc(-c5ccccc5)cc4)c4ccc(-c5ccc(-c6ccccc6)cc5)cc4)c23)NC1. The number of hydrogen-bond acceptors (Lipinski definition) is 3. The van der Waals surface area contributed by atoms with E-state index in [4.69, 9.17) is 4.42 Å². The molecule has 44 heavy (non-hydrogen) atoms. The quantitative estimate of drug-likeness (QED) is 0.217. The van der Waals surface area contributed by atoms with Crippen molar-refractivity contribution in [3.05, 3.63) is 163 Å². The summed E-state index contributed by atoms with van der Waals surface area (Å²) in [7, 11) is 0. The van der Waals surface area contributed by atoms with Crippen molar-refractivity contribution in [2.45, 2.75) is 0 Å². The molecule has 0 aliphatic carbocycles. The maximum Gasteiger partial charge on any atom is 0.201 e. The molecule has 7 aromatic rings. The Morgan fingerprint density at radius 2 is 0.955 bits per heavy atom. The highest BCUT2D eigenvalue weighted by Gasteiger charge is 2.22. The Labute approximate surface area is 257 Å². The topological polar surface area (TPSA) is 28.4 Å². The van der Waals surface area contributed by atoms with Gasteiger partial charge in [-0.1, -0.05) is 127 Å². The molecule has 0 fully saturated rings. The number of rotatable bonds is 6. The zero-order valence-electron chi connectivity index (χ0n) is 24.2. The smallest absolute Gasteiger partial charge is 0.201 e. The second-order valence-corrected chi connectivity index (χ2v) is 11.0. The summed E-state index contributed by atoms with van der Waals surface area (Å²) in [5.41, 5.74) is 12.4. The lowest BCUT2D eigenvalue weighted by atomic mass is 10.00. The number of furan rings is 1. The van der Waals surface area contributed by atoms with Crippen molar-refractivity contribution in [2.24, 2.45) is 0 Å². The zero-order chi connectivity index (χ0) is 29.3. The van der Waals surface area contributed by atoms with Gasteiger partial charge in [0.1, 0.15) is 5.58 Å². The van der Waals surface area contributed by atoms with E-state index in [9.17, 15) is 0 Å². The normalized spacial score (nSPS) is 12.1. The average molecular weight is 567 g/mol. The number of nitrogens with one attached hydrogen (secondary N) is 1. The molecule has 0 saturated heterocycles. The highest BCUT2D eigenvalue weighted by molar-refractivity contribution is 6.05. The highest BCUT2D eigenvalue weighted by atomic mass is 16.3. The Kier molecular flexibility index (Phi) is 6.54. The van der Waals surface area contributed by atoms with Gasteiger partial charge in [-0.3, -0.25) is 0 Å². The van der Waals surface area contributed by atoms with Gasteiger partial charge in [0.2, 0.25) is 5.88 Å². The Morgan fingerprint density at radius 1 is 0.477 bits per heavy atom. The molecule has 0 radical (unpaired) electrons.